The summed E-state index contributed by atoms with van der Waals surface area (Å²) in [7, 11) is 0. The minimum absolute atomic E-state index is 0.616. The monoisotopic (exact) mass is 112 g/mol. The van der Waals surface area contributed by atoms with E-state index in [1.807, 2.05) is 0 Å². The summed E-state index contributed by atoms with van der Waals surface area (Å²) in [4.78, 5) is 0. The molecule has 0 bridgehead atoms. The highest BCUT2D eigenvalue weighted by Crippen LogP contribution is 2.21. The van der Waals surface area contributed by atoms with Gasteiger partial charge < -0.3 is 0 Å². The molecule has 1 rings (SSSR count). The molecule has 0 amide bonds. The molecule has 1 heterocycles. The average Bonchev–Trinajstić information content (AvgIpc) is 1.98. The molecule has 3 unspecified atom stereocenters. The average molecular weight is 112 g/mol. The van der Waals surface area contributed by atoms with E-state index in [9.17, 15) is 0 Å². The lowest BCUT2D eigenvalue weighted by Gasteiger charge is -2.09. The first-order valence-corrected chi connectivity index (χ1v) is 3.38. The van der Waals surface area contributed by atoms with Crippen LogP contribution in [0.3, 0.4) is 0 Å². The maximum absolute atomic E-state index is 4.40. The molecular formula is C7H14N. The van der Waals surface area contributed by atoms with Gasteiger partial charge in [-0.15, -0.1) is 0 Å². The number of rotatable bonds is 0. The zero-order valence-corrected chi connectivity index (χ0v) is 5.89. The Hall–Kier alpha value is -0.0400. The van der Waals surface area contributed by atoms with Crippen LogP contribution in [0.25, 0.3) is 0 Å². The Kier molecular flexibility index (Phi) is 1.57. The van der Waals surface area contributed by atoms with Crippen LogP contribution in [0.15, 0.2) is 0 Å². The van der Waals surface area contributed by atoms with E-state index in [4.69, 9.17) is 0 Å². The Labute approximate surface area is 51.5 Å². The van der Waals surface area contributed by atoms with Gasteiger partial charge in [0, 0.05) is 12.6 Å². The van der Waals surface area contributed by atoms with Gasteiger partial charge in [0.1, 0.15) is 0 Å². The first-order valence-electron chi connectivity index (χ1n) is 3.38. The quantitative estimate of drug-likeness (QED) is 0.448. The van der Waals surface area contributed by atoms with E-state index in [0.717, 1.165) is 18.4 Å². The molecule has 0 N–H and O–H groups in total. The highest BCUT2D eigenvalue weighted by Gasteiger charge is 2.26. The van der Waals surface area contributed by atoms with Crippen molar-refractivity contribution >= 4 is 0 Å². The molecule has 3 atom stereocenters. The fourth-order valence-corrected chi connectivity index (χ4v) is 1.14. The summed E-state index contributed by atoms with van der Waals surface area (Å²) in [5, 5.41) is 4.40. The van der Waals surface area contributed by atoms with Crippen molar-refractivity contribution in [2.24, 2.45) is 11.8 Å². The summed E-state index contributed by atoms with van der Waals surface area (Å²) in [6, 6.07) is 0.616. The predicted octanol–water partition coefficient (Wildman–Crippen LogP) is 1.27. The van der Waals surface area contributed by atoms with Gasteiger partial charge in [-0.2, -0.15) is 0 Å². The lowest BCUT2D eigenvalue weighted by atomic mass is 9.95. The molecule has 47 valence electrons. The van der Waals surface area contributed by atoms with Crippen LogP contribution in [0.5, 0.6) is 0 Å². The topological polar surface area (TPSA) is 14.1 Å². The van der Waals surface area contributed by atoms with Crippen molar-refractivity contribution in [1.29, 1.82) is 0 Å². The van der Waals surface area contributed by atoms with Crippen LogP contribution in [-0.4, -0.2) is 12.6 Å². The molecular weight excluding hydrogens is 98.1 g/mol. The van der Waals surface area contributed by atoms with Gasteiger partial charge in [0.05, 0.1) is 0 Å². The molecule has 1 aliphatic heterocycles. The lowest BCUT2D eigenvalue weighted by molar-refractivity contribution is 0.435. The maximum atomic E-state index is 4.40. The molecule has 0 aromatic carbocycles. The van der Waals surface area contributed by atoms with E-state index in [-0.39, 0.29) is 0 Å². The van der Waals surface area contributed by atoms with E-state index >= 15 is 0 Å². The molecule has 1 nitrogen and oxygen atoms in total. The van der Waals surface area contributed by atoms with Gasteiger partial charge in [-0.3, -0.25) is 0 Å². The van der Waals surface area contributed by atoms with Gasteiger partial charge >= 0.3 is 0 Å². The second kappa shape index (κ2) is 2.06. The molecule has 1 heteroatoms. The molecule has 0 spiro atoms. The molecule has 0 saturated carbocycles. The van der Waals surface area contributed by atoms with E-state index in [0.29, 0.717) is 6.04 Å². The molecule has 0 aromatic rings. The molecule has 1 radical (unpaired) electrons. The summed E-state index contributed by atoms with van der Waals surface area (Å²) >= 11 is 0. The molecule has 1 fully saturated rings. The summed E-state index contributed by atoms with van der Waals surface area (Å²) in [6.07, 6.45) is 0. The van der Waals surface area contributed by atoms with Crippen molar-refractivity contribution in [2.75, 3.05) is 6.54 Å². The SMILES string of the molecule is CC1C[N]C(C)C1C. The largest absolute Gasteiger partial charge is 0.238 e. The minimum Gasteiger partial charge on any atom is -0.238 e. The van der Waals surface area contributed by atoms with E-state index < -0.39 is 0 Å². The molecule has 0 aromatic heterocycles. The first kappa shape index (κ1) is 6.09. The van der Waals surface area contributed by atoms with Crippen LogP contribution in [-0.2, 0) is 0 Å². The van der Waals surface area contributed by atoms with E-state index in [1.54, 1.807) is 0 Å². The third-order valence-electron chi connectivity index (χ3n) is 2.34. The third kappa shape index (κ3) is 0.873. The Bertz CT molecular complexity index is 70.5. The predicted molar refractivity (Wildman–Crippen MR) is 34.8 cm³/mol. The van der Waals surface area contributed by atoms with Crippen LogP contribution in [0.1, 0.15) is 20.8 Å². The Balaban J connectivity index is 2.44. The van der Waals surface area contributed by atoms with Crippen LogP contribution in [0.2, 0.25) is 0 Å². The standard InChI is InChI=1S/C7H14N/c1-5-4-8-7(3)6(5)2/h5-7H,4H2,1-3H3. The second-order valence-corrected chi connectivity index (χ2v) is 2.94. The number of nitrogens with zero attached hydrogens (tertiary/aromatic N) is 1. The van der Waals surface area contributed by atoms with Crippen molar-refractivity contribution in [3.8, 4) is 0 Å². The Morgan fingerprint density at radius 1 is 1.25 bits per heavy atom. The van der Waals surface area contributed by atoms with Gasteiger partial charge in [-0.05, 0) is 18.8 Å². The zero-order chi connectivity index (χ0) is 6.15. The van der Waals surface area contributed by atoms with E-state index in [1.165, 1.54) is 0 Å². The molecule has 0 aliphatic carbocycles. The van der Waals surface area contributed by atoms with Gasteiger partial charge in [-0.25, -0.2) is 5.32 Å². The molecule has 1 aliphatic rings. The molecule has 1 saturated heterocycles. The number of hydrogen-bond acceptors (Lipinski definition) is 0. The Morgan fingerprint density at radius 3 is 2.00 bits per heavy atom. The fourth-order valence-electron chi connectivity index (χ4n) is 1.14. The Morgan fingerprint density at radius 2 is 1.88 bits per heavy atom. The molecule has 8 heavy (non-hydrogen) atoms. The summed E-state index contributed by atoms with van der Waals surface area (Å²) in [5.74, 6) is 1.64. The lowest BCUT2D eigenvalue weighted by Crippen LogP contribution is -2.14. The third-order valence-corrected chi connectivity index (χ3v) is 2.34. The fraction of sp³-hybridized carbons (Fsp3) is 1.00. The van der Waals surface area contributed by atoms with Crippen molar-refractivity contribution in [3.05, 3.63) is 0 Å². The van der Waals surface area contributed by atoms with Crippen LogP contribution in [0.4, 0.5) is 0 Å². The van der Waals surface area contributed by atoms with Crippen molar-refractivity contribution in [2.45, 2.75) is 26.8 Å². The van der Waals surface area contributed by atoms with Crippen LogP contribution >= 0.6 is 0 Å². The van der Waals surface area contributed by atoms with Gasteiger partial charge in [-0.1, -0.05) is 13.8 Å². The van der Waals surface area contributed by atoms with E-state index in [2.05, 4.69) is 26.1 Å². The van der Waals surface area contributed by atoms with Crippen molar-refractivity contribution in [3.63, 3.8) is 0 Å². The first-order chi connectivity index (χ1) is 3.72. The van der Waals surface area contributed by atoms with Crippen molar-refractivity contribution < 1.29 is 0 Å². The zero-order valence-electron chi connectivity index (χ0n) is 5.89. The summed E-state index contributed by atoms with van der Waals surface area (Å²) < 4.78 is 0. The van der Waals surface area contributed by atoms with Crippen LogP contribution in [0, 0.1) is 11.8 Å². The maximum Gasteiger partial charge on any atom is 0.0246 e. The summed E-state index contributed by atoms with van der Waals surface area (Å²) in [6.45, 7) is 7.85. The highest BCUT2D eigenvalue weighted by atomic mass is 14.9. The normalized spacial score (nSPS) is 47.6. The summed E-state index contributed by atoms with van der Waals surface area (Å²) in [5.41, 5.74) is 0. The number of hydrogen-bond donors (Lipinski definition) is 0. The second-order valence-electron chi connectivity index (χ2n) is 2.94. The van der Waals surface area contributed by atoms with Gasteiger partial charge in [0.2, 0.25) is 0 Å². The van der Waals surface area contributed by atoms with Crippen molar-refractivity contribution in [1.82, 2.24) is 5.32 Å². The highest BCUT2D eigenvalue weighted by molar-refractivity contribution is 4.81. The smallest absolute Gasteiger partial charge is 0.0246 e. The minimum atomic E-state index is 0.616. The van der Waals surface area contributed by atoms with Crippen LogP contribution < -0.4 is 5.32 Å². The van der Waals surface area contributed by atoms with Gasteiger partial charge in [0.25, 0.3) is 0 Å². The van der Waals surface area contributed by atoms with Gasteiger partial charge in [0.15, 0.2) is 0 Å².